The zero-order valence-corrected chi connectivity index (χ0v) is 8.07. The van der Waals surface area contributed by atoms with E-state index in [-0.39, 0.29) is 6.61 Å². The summed E-state index contributed by atoms with van der Waals surface area (Å²) >= 11 is 0. The minimum Gasteiger partial charge on any atom is -0.465 e. The molecule has 0 unspecified atom stereocenters. The summed E-state index contributed by atoms with van der Waals surface area (Å²) < 4.78 is 32.0. The number of carbonyl (C=O) groups is 1. The molecule has 0 atom stereocenters. The molecular formula is C10H10F2O3. The highest BCUT2D eigenvalue weighted by Crippen LogP contribution is 2.08. The van der Waals surface area contributed by atoms with Crippen LogP contribution in [0.5, 0.6) is 0 Å². The number of hydrogen-bond acceptors (Lipinski definition) is 3. The Balaban J connectivity index is 2.60. The van der Waals surface area contributed by atoms with Crippen molar-refractivity contribution in [1.82, 2.24) is 0 Å². The molecule has 1 rings (SSSR count). The topological polar surface area (TPSA) is 35.5 Å². The van der Waals surface area contributed by atoms with Crippen LogP contribution in [-0.4, -0.2) is 19.7 Å². The Morgan fingerprint density at radius 3 is 2.40 bits per heavy atom. The van der Waals surface area contributed by atoms with Crippen LogP contribution in [0.4, 0.5) is 8.78 Å². The molecule has 1 aromatic rings. The van der Waals surface area contributed by atoms with Crippen molar-refractivity contribution in [3.05, 3.63) is 35.4 Å². The van der Waals surface area contributed by atoms with E-state index in [9.17, 15) is 13.6 Å². The molecule has 3 nitrogen and oxygen atoms in total. The van der Waals surface area contributed by atoms with Gasteiger partial charge in [-0.1, -0.05) is 12.1 Å². The largest absolute Gasteiger partial charge is 0.465 e. The fourth-order valence-corrected chi connectivity index (χ4v) is 1.01. The van der Waals surface area contributed by atoms with Crippen molar-refractivity contribution >= 4 is 5.97 Å². The fraction of sp³-hybridized carbons (Fsp3) is 0.300. The number of alkyl halides is 2. The highest BCUT2D eigenvalue weighted by molar-refractivity contribution is 5.89. The Hall–Kier alpha value is -1.49. The average molecular weight is 216 g/mol. The Morgan fingerprint density at radius 1 is 1.33 bits per heavy atom. The Morgan fingerprint density at radius 2 is 1.93 bits per heavy atom. The first-order valence-corrected chi connectivity index (χ1v) is 4.20. The zero-order valence-electron chi connectivity index (χ0n) is 8.07. The van der Waals surface area contributed by atoms with E-state index in [2.05, 4.69) is 9.47 Å². The minimum atomic E-state index is -2.79. The van der Waals surface area contributed by atoms with Crippen molar-refractivity contribution in [2.45, 2.75) is 13.2 Å². The van der Waals surface area contributed by atoms with Gasteiger partial charge in [0, 0.05) is 0 Å². The first-order chi connectivity index (χ1) is 7.13. The summed E-state index contributed by atoms with van der Waals surface area (Å²) in [6.45, 7) is -2.97. The highest BCUT2D eigenvalue weighted by Gasteiger charge is 2.05. The van der Waals surface area contributed by atoms with Gasteiger partial charge < -0.3 is 9.47 Å². The molecule has 0 N–H and O–H groups in total. The predicted octanol–water partition coefficient (Wildman–Crippen LogP) is 2.21. The summed E-state index contributed by atoms with van der Waals surface area (Å²) in [4.78, 5) is 11.0. The van der Waals surface area contributed by atoms with E-state index in [0.29, 0.717) is 11.1 Å². The van der Waals surface area contributed by atoms with E-state index in [0.717, 1.165) is 0 Å². The number of carbonyl (C=O) groups excluding carboxylic acids is 1. The molecule has 0 fully saturated rings. The maximum absolute atomic E-state index is 11.7. The summed E-state index contributed by atoms with van der Waals surface area (Å²) in [7, 11) is 1.27. The van der Waals surface area contributed by atoms with Crippen molar-refractivity contribution in [3.63, 3.8) is 0 Å². The lowest BCUT2D eigenvalue weighted by atomic mass is 10.1. The summed E-state index contributed by atoms with van der Waals surface area (Å²) in [5, 5.41) is 0. The molecule has 0 heterocycles. The van der Waals surface area contributed by atoms with Crippen molar-refractivity contribution < 1.29 is 23.0 Å². The van der Waals surface area contributed by atoms with Gasteiger partial charge in [0.15, 0.2) is 0 Å². The van der Waals surface area contributed by atoms with Crippen molar-refractivity contribution in [2.75, 3.05) is 7.11 Å². The third-order valence-corrected chi connectivity index (χ3v) is 1.75. The molecule has 0 aliphatic rings. The average Bonchev–Trinajstić information content (AvgIpc) is 2.26. The summed E-state index contributed by atoms with van der Waals surface area (Å²) in [6, 6.07) is 6.06. The second-order valence-electron chi connectivity index (χ2n) is 2.76. The lowest BCUT2D eigenvalue weighted by Gasteiger charge is -2.03. The third kappa shape index (κ3) is 3.63. The van der Waals surface area contributed by atoms with Crippen LogP contribution in [0.2, 0.25) is 0 Å². The third-order valence-electron chi connectivity index (χ3n) is 1.75. The molecule has 82 valence electrons. The van der Waals surface area contributed by atoms with Crippen LogP contribution >= 0.6 is 0 Å². The molecular weight excluding hydrogens is 206 g/mol. The van der Waals surface area contributed by atoms with Crippen LogP contribution < -0.4 is 0 Å². The number of methoxy groups -OCH3 is 1. The van der Waals surface area contributed by atoms with Crippen LogP contribution in [0.15, 0.2) is 24.3 Å². The van der Waals surface area contributed by atoms with Gasteiger partial charge in [0.05, 0.1) is 19.3 Å². The van der Waals surface area contributed by atoms with Gasteiger partial charge in [0.1, 0.15) is 0 Å². The molecule has 1 aromatic carbocycles. The first kappa shape index (κ1) is 11.6. The number of hydrogen-bond donors (Lipinski definition) is 0. The molecule has 5 heteroatoms. The van der Waals surface area contributed by atoms with Crippen LogP contribution in [0.1, 0.15) is 15.9 Å². The highest BCUT2D eigenvalue weighted by atomic mass is 19.3. The van der Waals surface area contributed by atoms with Crippen molar-refractivity contribution in [2.24, 2.45) is 0 Å². The van der Waals surface area contributed by atoms with Gasteiger partial charge in [-0.3, -0.25) is 0 Å². The Bertz CT molecular complexity index is 322. The van der Waals surface area contributed by atoms with Crippen LogP contribution in [0, 0.1) is 0 Å². The molecule has 15 heavy (non-hydrogen) atoms. The molecule has 0 saturated heterocycles. The number of halogens is 2. The molecule has 0 bridgehead atoms. The molecule has 0 aromatic heterocycles. The van der Waals surface area contributed by atoms with Gasteiger partial charge in [0.25, 0.3) is 0 Å². The quantitative estimate of drug-likeness (QED) is 0.724. The normalized spacial score (nSPS) is 10.4. The van der Waals surface area contributed by atoms with E-state index in [4.69, 9.17) is 0 Å². The van der Waals surface area contributed by atoms with E-state index < -0.39 is 12.6 Å². The monoisotopic (exact) mass is 216 g/mol. The van der Waals surface area contributed by atoms with Crippen molar-refractivity contribution in [3.8, 4) is 0 Å². The Kier molecular flexibility index (Phi) is 4.17. The van der Waals surface area contributed by atoms with Gasteiger partial charge in [-0.05, 0) is 17.7 Å². The molecule has 0 amide bonds. The number of rotatable bonds is 4. The number of esters is 1. The maximum Gasteiger partial charge on any atom is 0.345 e. The summed E-state index contributed by atoms with van der Waals surface area (Å²) in [5.74, 6) is -0.462. The standard InChI is InChI=1S/C10H10F2O3/c1-14-9(13)8-4-2-7(3-5-8)6-15-10(11)12/h2-5,10H,6H2,1H3. The lowest BCUT2D eigenvalue weighted by molar-refractivity contribution is -0.137. The van der Waals surface area contributed by atoms with Gasteiger partial charge in [-0.15, -0.1) is 0 Å². The fourth-order valence-electron chi connectivity index (χ4n) is 1.01. The van der Waals surface area contributed by atoms with E-state index in [1.807, 2.05) is 0 Å². The first-order valence-electron chi connectivity index (χ1n) is 4.20. The molecule has 0 radical (unpaired) electrons. The Labute approximate surface area is 85.6 Å². The summed E-state index contributed by atoms with van der Waals surface area (Å²) in [5.41, 5.74) is 0.946. The SMILES string of the molecule is COC(=O)c1ccc(COC(F)F)cc1. The smallest absolute Gasteiger partial charge is 0.345 e. The second-order valence-corrected chi connectivity index (χ2v) is 2.76. The molecule has 0 saturated carbocycles. The van der Waals surface area contributed by atoms with Gasteiger partial charge >= 0.3 is 12.6 Å². The molecule has 0 aliphatic heterocycles. The molecule has 0 aliphatic carbocycles. The van der Waals surface area contributed by atoms with E-state index in [1.165, 1.54) is 31.4 Å². The second kappa shape index (κ2) is 5.41. The maximum atomic E-state index is 11.7. The number of benzene rings is 1. The lowest BCUT2D eigenvalue weighted by Crippen LogP contribution is -2.02. The minimum absolute atomic E-state index is 0.181. The van der Waals surface area contributed by atoms with Crippen molar-refractivity contribution in [1.29, 1.82) is 0 Å². The van der Waals surface area contributed by atoms with Crippen LogP contribution in [0.3, 0.4) is 0 Å². The van der Waals surface area contributed by atoms with Gasteiger partial charge in [-0.25, -0.2) is 4.79 Å². The summed E-state index contributed by atoms with van der Waals surface area (Å²) in [6.07, 6.45) is 0. The number of ether oxygens (including phenoxy) is 2. The van der Waals surface area contributed by atoms with Gasteiger partial charge in [0.2, 0.25) is 0 Å². The van der Waals surface area contributed by atoms with Crippen LogP contribution in [-0.2, 0) is 16.1 Å². The van der Waals surface area contributed by atoms with Crippen LogP contribution in [0.25, 0.3) is 0 Å². The predicted molar refractivity (Wildman–Crippen MR) is 48.6 cm³/mol. The molecule has 0 spiro atoms. The van der Waals surface area contributed by atoms with Gasteiger partial charge in [-0.2, -0.15) is 8.78 Å². The zero-order chi connectivity index (χ0) is 11.3. The van der Waals surface area contributed by atoms with E-state index >= 15 is 0 Å². The van der Waals surface area contributed by atoms with E-state index in [1.54, 1.807) is 0 Å².